The zero-order valence-corrected chi connectivity index (χ0v) is 25.7. The van der Waals surface area contributed by atoms with Gasteiger partial charge in [-0.3, -0.25) is 4.79 Å². The van der Waals surface area contributed by atoms with Crippen LogP contribution in [0.5, 0.6) is 0 Å². The third-order valence-corrected chi connectivity index (χ3v) is 6.78. The summed E-state index contributed by atoms with van der Waals surface area (Å²) in [6.07, 6.45) is -0.612. The van der Waals surface area contributed by atoms with Crippen molar-refractivity contribution in [3.63, 3.8) is 0 Å². The van der Waals surface area contributed by atoms with Crippen LogP contribution in [0.2, 0.25) is 0 Å². The van der Waals surface area contributed by atoms with Gasteiger partial charge in [-0.05, 0) is 80.9 Å². The first-order valence-electron chi connectivity index (χ1n) is 14.5. The normalized spacial score (nSPS) is 10.9. The van der Waals surface area contributed by atoms with Crippen LogP contribution in [0, 0.1) is 6.92 Å². The Balaban J connectivity index is 1.64. The number of rotatable bonds is 12. The summed E-state index contributed by atoms with van der Waals surface area (Å²) in [6, 6.07) is 30.1. The molecule has 4 aromatic rings. The number of ether oxygens (including phenoxy) is 1. The van der Waals surface area contributed by atoms with Crippen LogP contribution in [0.25, 0.3) is 5.70 Å². The average molecular weight is 606 g/mol. The summed E-state index contributed by atoms with van der Waals surface area (Å²) in [5, 5.41) is 3.94. The van der Waals surface area contributed by atoms with Gasteiger partial charge in [0.25, 0.3) is 0 Å². The molecule has 0 saturated carbocycles. The molecule has 0 atom stereocenters. The molecule has 9 heteroatoms. The number of ketones is 1. The number of nitrogens with one attached hydrogen (secondary N) is 1. The van der Waals surface area contributed by atoms with Crippen LogP contribution in [-0.2, 0) is 19.2 Å². The molecule has 4 aromatic carbocycles. The Morgan fingerprint density at radius 2 is 1.33 bits per heavy atom. The average Bonchev–Trinajstić information content (AvgIpc) is 3.06. The molecule has 9 nitrogen and oxygen atoms in total. The first-order chi connectivity index (χ1) is 21.7. The molecule has 0 aliphatic heterocycles. The van der Waals surface area contributed by atoms with Crippen LogP contribution >= 0.6 is 0 Å². The zero-order valence-electron chi connectivity index (χ0n) is 25.7. The molecule has 1 N–H and O–H groups in total. The van der Waals surface area contributed by atoms with Gasteiger partial charge in [-0.1, -0.05) is 66.7 Å². The minimum atomic E-state index is -0.849. The van der Waals surface area contributed by atoms with E-state index >= 15 is 0 Å². The summed E-state index contributed by atoms with van der Waals surface area (Å²) in [4.78, 5) is 48.1. The lowest BCUT2D eigenvalue weighted by molar-refractivity contribution is -0.143. The topological polar surface area (TPSA) is 107 Å². The minimum Gasteiger partial charge on any atom is -0.433 e. The van der Waals surface area contributed by atoms with Crippen LogP contribution in [-0.4, -0.2) is 30.2 Å². The fourth-order valence-corrected chi connectivity index (χ4v) is 4.37. The smallest absolute Gasteiger partial charge is 0.433 e. The van der Waals surface area contributed by atoms with Crippen molar-refractivity contribution in [2.24, 2.45) is 5.16 Å². The van der Waals surface area contributed by atoms with E-state index in [4.69, 9.17) is 14.4 Å². The molecule has 230 valence electrons. The molecule has 0 amide bonds. The second-order valence-corrected chi connectivity index (χ2v) is 10.0. The zero-order chi connectivity index (χ0) is 32.3. The largest absolute Gasteiger partial charge is 0.533 e. The quantitative estimate of drug-likeness (QED) is 0.0569. The Labute approximate surface area is 262 Å². The summed E-state index contributed by atoms with van der Waals surface area (Å²) < 4.78 is 4.76. The van der Waals surface area contributed by atoms with Gasteiger partial charge >= 0.3 is 12.1 Å². The second kappa shape index (κ2) is 15.2. The molecule has 0 bridgehead atoms. The monoisotopic (exact) mass is 605 g/mol. The lowest BCUT2D eigenvalue weighted by atomic mass is 10.0. The number of hydroxylamine groups is 1. The number of aryl methyl sites for hydroxylation is 1. The number of hydrogen-bond acceptors (Lipinski definition) is 9. The van der Waals surface area contributed by atoms with Gasteiger partial charge in [-0.2, -0.15) is 0 Å². The van der Waals surface area contributed by atoms with E-state index in [1.165, 1.54) is 0 Å². The number of benzene rings is 4. The van der Waals surface area contributed by atoms with E-state index in [0.717, 1.165) is 28.2 Å². The lowest BCUT2D eigenvalue weighted by Gasteiger charge is -2.26. The van der Waals surface area contributed by atoms with Gasteiger partial charge in [0.05, 0.1) is 18.0 Å². The van der Waals surface area contributed by atoms with Crippen LogP contribution < -0.4 is 10.4 Å². The van der Waals surface area contributed by atoms with Gasteiger partial charge in [0, 0.05) is 40.2 Å². The maximum atomic E-state index is 13.2. The minimum absolute atomic E-state index is 0.0555. The molecule has 0 aromatic heterocycles. The molecule has 0 unspecified atom stereocenters. The van der Waals surface area contributed by atoms with Gasteiger partial charge in [-0.25, -0.2) is 15.1 Å². The fourth-order valence-electron chi connectivity index (χ4n) is 4.37. The SMILES string of the molecule is C=C(NOC(=O)OCC)c1ccc(N(c2ccc(C(=O)c3cccc(C)c3)cc2)c2ccc(C(C)=NOC(=O)CC)cc2)cc1. The van der Waals surface area contributed by atoms with E-state index in [1.54, 1.807) is 20.8 Å². The Morgan fingerprint density at radius 1 is 0.778 bits per heavy atom. The lowest BCUT2D eigenvalue weighted by Crippen LogP contribution is -2.19. The van der Waals surface area contributed by atoms with Crippen molar-refractivity contribution in [1.82, 2.24) is 5.48 Å². The van der Waals surface area contributed by atoms with Crippen molar-refractivity contribution < 1.29 is 28.8 Å². The Kier molecular flexibility index (Phi) is 10.8. The van der Waals surface area contributed by atoms with Gasteiger partial charge in [0.2, 0.25) is 0 Å². The molecule has 0 fully saturated rings. The molecular formula is C36H35N3O6. The van der Waals surface area contributed by atoms with E-state index in [0.29, 0.717) is 28.1 Å². The van der Waals surface area contributed by atoms with E-state index in [2.05, 4.69) is 17.2 Å². The summed E-state index contributed by atoms with van der Waals surface area (Å²) in [5.41, 5.74) is 9.65. The molecule has 0 heterocycles. The van der Waals surface area contributed by atoms with Crippen LogP contribution in [0.3, 0.4) is 0 Å². The molecule has 0 aliphatic rings. The van der Waals surface area contributed by atoms with E-state index < -0.39 is 12.1 Å². The highest BCUT2D eigenvalue weighted by molar-refractivity contribution is 6.09. The third-order valence-electron chi connectivity index (χ3n) is 6.78. The van der Waals surface area contributed by atoms with E-state index in [9.17, 15) is 14.4 Å². The second-order valence-electron chi connectivity index (χ2n) is 10.0. The highest BCUT2D eigenvalue weighted by Crippen LogP contribution is 2.35. The summed E-state index contributed by atoms with van der Waals surface area (Å²) >= 11 is 0. The summed E-state index contributed by atoms with van der Waals surface area (Å²) in [6.45, 7) is 11.2. The Bertz CT molecular complexity index is 1690. The summed E-state index contributed by atoms with van der Waals surface area (Å²) in [7, 11) is 0. The van der Waals surface area contributed by atoms with Gasteiger partial charge < -0.3 is 19.3 Å². The van der Waals surface area contributed by atoms with Crippen molar-refractivity contribution in [2.45, 2.75) is 34.1 Å². The van der Waals surface area contributed by atoms with Gasteiger partial charge in [0.15, 0.2) is 5.78 Å². The molecule has 0 spiro atoms. The van der Waals surface area contributed by atoms with Crippen LogP contribution in [0.1, 0.15) is 59.8 Å². The van der Waals surface area contributed by atoms with Crippen molar-refractivity contribution in [3.05, 3.63) is 131 Å². The maximum absolute atomic E-state index is 13.2. The predicted octanol–water partition coefficient (Wildman–Crippen LogP) is 8.02. The first kappa shape index (κ1) is 32.2. The number of anilines is 3. The maximum Gasteiger partial charge on any atom is 0.533 e. The molecule has 0 saturated heterocycles. The highest BCUT2D eigenvalue weighted by Gasteiger charge is 2.16. The van der Waals surface area contributed by atoms with Crippen LogP contribution in [0.15, 0.2) is 109 Å². The fraction of sp³-hybridized carbons (Fsp3) is 0.167. The molecule has 0 aliphatic carbocycles. The molecule has 45 heavy (non-hydrogen) atoms. The highest BCUT2D eigenvalue weighted by atomic mass is 16.8. The van der Waals surface area contributed by atoms with Gasteiger partial charge in [0.1, 0.15) is 0 Å². The van der Waals surface area contributed by atoms with Crippen molar-refractivity contribution in [3.8, 4) is 0 Å². The van der Waals surface area contributed by atoms with Crippen LogP contribution in [0.4, 0.5) is 21.9 Å². The third kappa shape index (κ3) is 8.45. The number of oxime groups is 1. The Morgan fingerprint density at radius 3 is 1.87 bits per heavy atom. The predicted molar refractivity (Wildman–Crippen MR) is 175 cm³/mol. The summed E-state index contributed by atoms with van der Waals surface area (Å²) in [5.74, 6) is -0.463. The van der Waals surface area contributed by atoms with E-state index in [1.807, 2.05) is 109 Å². The Hall–Kier alpha value is -5.70. The number of nitrogens with zero attached hydrogens (tertiary/aromatic N) is 2. The molecule has 4 rings (SSSR count). The first-order valence-corrected chi connectivity index (χ1v) is 14.5. The number of hydrogen-bond donors (Lipinski definition) is 1. The number of carbonyl (C=O) groups is 3. The molecule has 0 radical (unpaired) electrons. The van der Waals surface area contributed by atoms with Crippen molar-refractivity contribution in [2.75, 3.05) is 11.5 Å². The van der Waals surface area contributed by atoms with Crippen molar-refractivity contribution in [1.29, 1.82) is 0 Å². The van der Waals surface area contributed by atoms with Crippen molar-refractivity contribution >= 4 is 46.4 Å². The van der Waals surface area contributed by atoms with E-state index in [-0.39, 0.29) is 18.8 Å². The molecular weight excluding hydrogens is 570 g/mol. The number of carbonyl (C=O) groups excluding carboxylic acids is 3. The van der Waals surface area contributed by atoms with Gasteiger partial charge in [-0.15, -0.1) is 0 Å². The standard InChI is InChI=1S/C36H35N3O6/c1-6-34(40)44-37-25(4)27-11-17-31(18-12-27)39(32-19-13-28(14-20-32)26(5)38-45-36(42)43-7-2)33-21-15-29(16-22-33)35(41)30-10-8-9-24(3)23-30/h8-23,38H,5-7H2,1-4H3.